The van der Waals surface area contributed by atoms with Crippen molar-refractivity contribution in [3.63, 3.8) is 0 Å². The summed E-state index contributed by atoms with van der Waals surface area (Å²) in [7, 11) is 0. The van der Waals surface area contributed by atoms with Gasteiger partial charge in [0.05, 0.1) is 24.9 Å². The predicted molar refractivity (Wildman–Crippen MR) is 75.9 cm³/mol. The van der Waals surface area contributed by atoms with Gasteiger partial charge in [0.15, 0.2) is 0 Å². The molecule has 2 aromatic heterocycles. The summed E-state index contributed by atoms with van der Waals surface area (Å²) < 4.78 is 7.03. The molecule has 2 aromatic rings. The molecule has 0 spiro atoms. The van der Waals surface area contributed by atoms with Crippen LogP contribution in [-0.2, 0) is 11.3 Å². The fraction of sp³-hybridized carbons (Fsp3) is 0.538. The maximum atomic E-state index is 12.3. The van der Waals surface area contributed by atoms with E-state index in [0.29, 0.717) is 6.54 Å². The molecule has 6 heteroatoms. The largest absolute Gasteiger partial charge is 0.379 e. The molecule has 0 saturated carbocycles. The number of ether oxygens (including phenoxy) is 1. The van der Waals surface area contributed by atoms with Crippen LogP contribution in [0.4, 0.5) is 0 Å². The van der Waals surface area contributed by atoms with E-state index in [1.165, 1.54) is 0 Å². The van der Waals surface area contributed by atoms with Crippen LogP contribution in [0.1, 0.15) is 4.88 Å². The van der Waals surface area contributed by atoms with Gasteiger partial charge in [-0.05, 0) is 13.0 Å². The summed E-state index contributed by atoms with van der Waals surface area (Å²) in [6.45, 7) is 7.04. The normalized spacial score (nSPS) is 17.1. The van der Waals surface area contributed by atoms with Crippen molar-refractivity contribution < 1.29 is 4.74 Å². The number of aromatic nitrogens is 2. The molecule has 0 N–H and O–H groups in total. The SMILES string of the molecule is Cc1cc2c(=O)n(CCN3CCOCC3)cnc2s1. The summed E-state index contributed by atoms with van der Waals surface area (Å²) in [5.41, 5.74) is 0.0719. The molecule has 0 amide bonds. The lowest BCUT2D eigenvalue weighted by Crippen LogP contribution is -2.39. The van der Waals surface area contributed by atoms with E-state index >= 15 is 0 Å². The molecule has 0 aromatic carbocycles. The van der Waals surface area contributed by atoms with Gasteiger partial charge in [-0.15, -0.1) is 11.3 Å². The lowest BCUT2D eigenvalue weighted by atomic mass is 10.3. The number of hydrogen-bond donors (Lipinski definition) is 0. The molecule has 0 atom stereocenters. The van der Waals surface area contributed by atoms with Crippen LogP contribution in [0.5, 0.6) is 0 Å². The van der Waals surface area contributed by atoms with Crippen molar-refractivity contribution in [2.24, 2.45) is 0 Å². The maximum Gasteiger partial charge on any atom is 0.262 e. The van der Waals surface area contributed by atoms with Crippen LogP contribution in [0, 0.1) is 6.92 Å². The molecule has 5 nitrogen and oxygen atoms in total. The van der Waals surface area contributed by atoms with Gasteiger partial charge in [-0.1, -0.05) is 0 Å². The minimum absolute atomic E-state index is 0.0719. The predicted octanol–water partition coefficient (Wildman–Crippen LogP) is 1.10. The zero-order valence-corrected chi connectivity index (χ0v) is 11.8. The Balaban J connectivity index is 1.77. The van der Waals surface area contributed by atoms with Gasteiger partial charge < -0.3 is 4.74 Å². The summed E-state index contributed by atoms with van der Waals surface area (Å²) in [4.78, 5) is 21.0. The highest BCUT2D eigenvalue weighted by Crippen LogP contribution is 2.19. The Morgan fingerprint density at radius 1 is 1.37 bits per heavy atom. The number of fused-ring (bicyclic) bond motifs is 1. The molecule has 0 radical (unpaired) electrons. The first-order valence-corrected chi connectivity index (χ1v) is 7.31. The Bertz CT molecular complexity index is 628. The third-order valence-electron chi connectivity index (χ3n) is 3.40. The van der Waals surface area contributed by atoms with Crippen molar-refractivity contribution >= 4 is 21.6 Å². The van der Waals surface area contributed by atoms with Crippen molar-refractivity contribution in [3.8, 4) is 0 Å². The van der Waals surface area contributed by atoms with Crippen molar-refractivity contribution in [3.05, 3.63) is 27.6 Å². The van der Waals surface area contributed by atoms with E-state index in [1.54, 1.807) is 22.2 Å². The zero-order chi connectivity index (χ0) is 13.2. The average molecular weight is 279 g/mol. The summed E-state index contributed by atoms with van der Waals surface area (Å²) >= 11 is 1.57. The average Bonchev–Trinajstić information content (AvgIpc) is 2.81. The number of aryl methyl sites for hydroxylation is 1. The topological polar surface area (TPSA) is 47.4 Å². The number of morpholine rings is 1. The first-order valence-electron chi connectivity index (χ1n) is 6.50. The minimum Gasteiger partial charge on any atom is -0.379 e. The fourth-order valence-electron chi connectivity index (χ4n) is 2.31. The molecule has 0 bridgehead atoms. The molecule has 3 rings (SSSR count). The molecule has 0 unspecified atom stereocenters. The highest BCUT2D eigenvalue weighted by atomic mass is 32.1. The Morgan fingerprint density at radius 2 is 2.16 bits per heavy atom. The molecule has 1 aliphatic heterocycles. The Labute approximate surface area is 115 Å². The van der Waals surface area contributed by atoms with E-state index in [1.807, 2.05) is 13.0 Å². The molecule has 0 aliphatic carbocycles. The van der Waals surface area contributed by atoms with Gasteiger partial charge in [-0.3, -0.25) is 14.3 Å². The molecule has 1 saturated heterocycles. The van der Waals surface area contributed by atoms with E-state index in [2.05, 4.69) is 9.88 Å². The second-order valence-corrected chi connectivity index (χ2v) is 6.01. The third-order valence-corrected chi connectivity index (χ3v) is 4.36. The van der Waals surface area contributed by atoms with Gasteiger partial charge in [0.25, 0.3) is 5.56 Å². The highest BCUT2D eigenvalue weighted by Gasteiger charge is 2.11. The van der Waals surface area contributed by atoms with Gasteiger partial charge in [-0.2, -0.15) is 0 Å². The fourth-order valence-corrected chi connectivity index (χ4v) is 3.15. The Hall–Kier alpha value is -1.24. The van der Waals surface area contributed by atoms with Gasteiger partial charge in [0.2, 0.25) is 0 Å². The van der Waals surface area contributed by atoms with Crippen LogP contribution in [0.3, 0.4) is 0 Å². The van der Waals surface area contributed by atoms with Crippen molar-refractivity contribution in [1.29, 1.82) is 0 Å². The summed E-state index contributed by atoms with van der Waals surface area (Å²) in [5.74, 6) is 0. The Kier molecular flexibility index (Phi) is 3.63. The van der Waals surface area contributed by atoms with Crippen LogP contribution in [-0.4, -0.2) is 47.3 Å². The summed E-state index contributed by atoms with van der Waals surface area (Å²) in [5, 5.41) is 0.743. The summed E-state index contributed by atoms with van der Waals surface area (Å²) in [6.07, 6.45) is 1.67. The first-order chi connectivity index (χ1) is 9.24. The van der Waals surface area contributed by atoms with E-state index in [9.17, 15) is 4.79 Å². The van der Waals surface area contributed by atoms with E-state index in [0.717, 1.165) is 47.9 Å². The van der Waals surface area contributed by atoms with Gasteiger partial charge in [0, 0.05) is 31.1 Å². The van der Waals surface area contributed by atoms with Gasteiger partial charge >= 0.3 is 0 Å². The molecule has 3 heterocycles. The van der Waals surface area contributed by atoms with Crippen molar-refractivity contribution in [1.82, 2.24) is 14.5 Å². The second kappa shape index (κ2) is 5.40. The first kappa shape index (κ1) is 12.8. The van der Waals surface area contributed by atoms with E-state index in [-0.39, 0.29) is 5.56 Å². The van der Waals surface area contributed by atoms with E-state index < -0.39 is 0 Å². The zero-order valence-electron chi connectivity index (χ0n) is 11.0. The molecule has 102 valence electrons. The summed E-state index contributed by atoms with van der Waals surface area (Å²) in [6, 6.07) is 1.93. The number of nitrogens with zero attached hydrogens (tertiary/aromatic N) is 3. The lowest BCUT2D eigenvalue weighted by Gasteiger charge is -2.26. The molecule has 19 heavy (non-hydrogen) atoms. The van der Waals surface area contributed by atoms with Crippen molar-refractivity contribution in [2.75, 3.05) is 32.8 Å². The number of thiophene rings is 1. The molecule has 1 aliphatic rings. The molecular formula is C13H17N3O2S. The second-order valence-electron chi connectivity index (χ2n) is 4.77. The maximum absolute atomic E-state index is 12.3. The van der Waals surface area contributed by atoms with Gasteiger partial charge in [0.1, 0.15) is 4.83 Å². The minimum atomic E-state index is 0.0719. The van der Waals surface area contributed by atoms with Crippen LogP contribution >= 0.6 is 11.3 Å². The van der Waals surface area contributed by atoms with Crippen LogP contribution in [0.25, 0.3) is 10.2 Å². The van der Waals surface area contributed by atoms with Crippen LogP contribution in [0.15, 0.2) is 17.2 Å². The quantitative estimate of drug-likeness (QED) is 0.844. The third kappa shape index (κ3) is 2.70. The monoisotopic (exact) mass is 279 g/mol. The molecule has 1 fully saturated rings. The van der Waals surface area contributed by atoms with E-state index in [4.69, 9.17) is 4.74 Å². The lowest BCUT2D eigenvalue weighted by molar-refractivity contribution is 0.0362. The Morgan fingerprint density at radius 3 is 2.95 bits per heavy atom. The molecular weight excluding hydrogens is 262 g/mol. The van der Waals surface area contributed by atoms with Crippen LogP contribution in [0.2, 0.25) is 0 Å². The highest BCUT2D eigenvalue weighted by molar-refractivity contribution is 7.18. The van der Waals surface area contributed by atoms with Gasteiger partial charge in [-0.25, -0.2) is 4.98 Å². The standard InChI is InChI=1S/C13H17N3O2S/c1-10-8-11-12(19-10)14-9-16(13(11)17)3-2-15-4-6-18-7-5-15/h8-9H,2-7H2,1H3. The smallest absolute Gasteiger partial charge is 0.262 e. The number of hydrogen-bond acceptors (Lipinski definition) is 5. The van der Waals surface area contributed by atoms with Crippen LogP contribution < -0.4 is 5.56 Å². The van der Waals surface area contributed by atoms with Crippen molar-refractivity contribution in [2.45, 2.75) is 13.5 Å². The number of rotatable bonds is 3.